The number of nitrogens with one attached hydrogen (secondary N) is 1. The molecule has 0 aliphatic rings. The first-order valence-corrected chi connectivity index (χ1v) is 5.76. The van der Waals surface area contributed by atoms with E-state index in [1.165, 1.54) is 17.9 Å². The topological polar surface area (TPSA) is 90.0 Å². The number of hydrogen-bond donors (Lipinski definition) is 2. The van der Waals surface area contributed by atoms with Crippen LogP contribution in [0.15, 0.2) is 11.1 Å². The molecule has 0 saturated carbocycles. The maximum absolute atomic E-state index is 11.4. The molecule has 6 nitrogen and oxygen atoms in total. The lowest BCUT2D eigenvalue weighted by Crippen LogP contribution is -2.19. The van der Waals surface area contributed by atoms with Crippen molar-refractivity contribution < 1.29 is 8.42 Å². The van der Waals surface area contributed by atoms with E-state index in [-0.39, 0.29) is 10.7 Å². The van der Waals surface area contributed by atoms with Gasteiger partial charge in [-0.15, -0.1) is 0 Å². The number of rotatable bonds is 4. The summed E-state index contributed by atoms with van der Waals surface area (Å²) in [4.78, 5) is 0.0356. The van der Waals surface area contributed by atoms with Gasteiger partial charge in [0, 0.05) is 6.54 Å². The molecule has 0 saturated heterocycles. The third-order valence-corrected chi connectivity index (χ3v) is 3.27. The molecule has 0 radical (unpaired) electrons. The number of hydrogen-bond acceptors (Lipinski definition) is 4. The second kappa shape index (κ2) is 3.97. The number of nitrogens with two attached hydrogens (primary N) is 1. The molecule has 1 aromatic heterocycles. The van der Waals surface area contributed by atoms with Crippen LogP contribution >= 0.6 is 0 Å². The van der Waals surface area contributed by atoms with Crippen molar-refractivity contribution in [3.63, 3.8) is 0 Å². The van der Waals surface area contributed by atoms with Crippen LogP contribution in [0.25, 0.3) is 0 Å². The highest BCUT2D eigenvalue weighted by atomic mass is 32.2. The van der Waals surface area contributed by atoms with Crippen molar-refractivity contribution in [2.24, 2.45) is 0 Å². The fraction of sp³-hybridized carbons (Fsp3) is 0.571. The molecule has 0 fully saturated rings. The Kier molecular flexibility index (Phi) is 3.12. The smallest absolute Gasteiger partial charge is 0.245 e. The summed E-state index contributed by atoms with van der Waals surface area (Å²) in [5.74, 6) is 0.182. The first kappa shape index (κ1) is 11.0. The van der Waals surface area contributed by atoms with E-state index in [1.807, 2.05) is 6.92 Å². The van der Waals surface area contributed by atoms with Crippen LogP contribution in [0.5, 0.6) is 0 Å². The minimum atomic E-state index is -3.48. The van der Waals surface area contributed by atoms with Gasteiger partial charge >= 0.3 is 0 Å². The number of nitrogens with zero attached hydrogens (tertiary/aromatic N) is 2. The Bertz CT molecular complexity index is 409. The van der Waals surface area contributed by atoms with Crippen molar-refractivity contribution >= 4 is 15.8 Å². The Balaban J connectivity index is 3.13. The molecule has 0 aliphatic carbocycles. The maximum Gasteiger partial charge on any atom is 0.245 e. The summed E-state index contributed by atoms with van der Waals surface area (Å²) in [7, 11) is -2.15. The van der Waals surface area contributed by atoms with Crippen LogP contribution in [-0.4, -0.2) is 25.2 Å². The highest BCUT2D eigenvalue weighted by Crippen LogP contribution is 2.16. The molecule has 0 aliphatic heterocycles. The van der Waals surface area contributed by atoms with Crippen molar-refractivity contribution in [1.29, 1.82) is 0 Å². The summed E-state index contributed by atoms with van der Waals surface area (Å²) >= 11 is 0. The van der Waals surface area contributed by atoms with E-state index in [9.17, 15) is 8.42 Å². The molecule has 0 bridgehead atoms. The highest BCUT2D eigenvalue weighted by molar-refractivity contribution is 7.89. The Morgan fingerprint density at radius 1 is 1.64 bits per heavy atom. The highest BCUT2D eigenvalue weighted by Gasteiger charge is 2.19. The van der Waals surface area contributed by atoms with Crippen LogP contribution in [-0.2, 0) is 16.6 Å². The molecular weight excluding hydrogens is 204 g/mol. The summed E-state index contributed by atoms with van der Waals surface area (Å²) in [6.45, 7) is 2.58. The second-order valence-corrected chi connectivity index (χ2v) is 4.68. The maximum atomic E-state index is 11.4. The fourth-order valence-corrected chi connectivity index (χ4v) is 1.87. The second-order valence-electron chi connectivity index (χ2n) is 2.82. The lowest BCUT2D eigenvalue weighted by atomic mass is 10.5. The third kappa shape index (κ3) is 1.88. The molecule has 0 aromatic carbocycles. The summed E-state index contributed by atoms with van der Waals surface area (Å²) in [6, 6.07) is 0. The van der Waals surface area contributed by atoms with Crippen LogP contribution in [0.1, 0.15) is 13.3 Å². The van der Waals surface area contributed by atoms with Gasteiger partial charge in [-0.05, 0) is 13.5 Å². The van der Waals surface area contributed by atoms with E-state index in [2.05, 4.69) is 9.82 Å². The van der Waals surface area contributed by atoms with Crippen LogP contribution in [0.4, 0.5) is 5.82 Å². The molecule has 3 N–H and O–H groups in total. The van der Waals surface area contributed by atoms with Gasteiger partial charge in [0.15, 0.2) is 0 Å². The fourth-order valence-electron chi connectivity index (χ4n) is 1.08. The number of nitrogen functional groups attached to an aromatic ring is 1. The molecule has 1 aromatic rings. The Morgan fingerprint density at radius 2 is 2.29 bits per heavy atom. The van der Waals surface area contributed by atoms with Gasteiger partial charge in [-0.3, -0.25) is 0 Å². The number of sulfonamides is 1. The van der Waals surface area contributed by atoms with Crippen molar-refractivity contribution in [3.8, 4) is 0 Å². The van der Waals surface area contributed by atoms with E-state index in [0.29, 0.717) is 6.54 Å². The summed E-state index contributed by atoms with van der Waals surface area (Å²) in [5.41, 5.74) is 5.63. The molecule has 0 amide bonds. The summed E-state index contributed by atoms with van der Waals surface area (Å²) in [5, 5.41) is 3.89. The standard InChI is InChI=1S/C7H14N4O2S/c1-3-4-11-7(8)6(5-10-11)14(12,13)9-2/h5,9H,3-4,8H2,1-2H3. The van der Waals surface area contributed by atoms with Gasteiger partial charge in [-0.1, -0.05) is 6.92 Å². The quantitative estimate of drug-likeness (QED) is 0.731. The van der Waals surface area contributed by atoms with Gasteiger partial charge in [-0.2, -0.15) is 5.10 Å². The minimum Gasteiger partial charge on any atom is -0.383 e. The van der Waals surface area contributed by atoms with Crippen LogP contribution in [0, 0.1) is 0 Å². The van der Waals surface area contributed by atoms with Crippen molar-refractivity contribution in [2.75, 3.05) is 12.8 Å². The number of aromatic nitrogens is 2. The van der Waals surface area contributed by atoms with E-state index < -0.39 is 10.0 Å². The Morgan fingerprint density at radius 3 is 2.79 bits per heavy atom. The Labute approximate surface area is 83.1 Å². The van der Waals surface area contributed by atoms with Crippen molar-refractivity contribution in [3.05, 3.63) is 6.20 Å². The normalized spacial score (nSPS) is 11.9. The monoisotopic (exact) mass is 218 g/mol. The van der Waals surface area contributed by atoms with Gasteiger partial charge < -0.3 is 5.73 Å². The lowest BCUT2D eigenvalue weighted by molar-refractivity contribution is 0.587. The zero-order valence-electron chi connectivity index (χ0n) is 8.19. The number of anilines is 1. The molecule has 0 atom stereocenters. The molecule has 1 heterocycles. The average molecular weight is 218 g/mol. The number of aryl methyl sites for hydroxylation is 1. The third-order valence-electron chi connectivity index (χ3n) is 1.84. The van der Waals surface area contributed by atoms with Crippen molar-refractivity contribution in [1.82, 2.24) is 14.5 Å². The van der Waals surface area contributed by atoms with Gasteiger partial charge in [0.05, 0.1) is 6.20 Å². The van der Waals surface area contributed by atoms with Gasteiger partial charge in [-0.25, -0.2) is 17.8 Å². The molecule has 7 heteroatoms. The van der Waals surface area contributed by atoms with Gasteiger partial charge in [0.25, 0.3) is 0 Å². The zero-order chi connectivity index (χ0) is 10.8. The molecule has 80 valence electrons. The van der Waals surface area contributed by atoms with Gasteiger partial charge in [0.1, 0.15) is 10.7 Å². The minimum absolute atomic E-state index is 0.0356. The summed E-state index contributed by atoms with van der Waals surface area (Å²) in [6.07, 6.45) is 2.11. The van der Waals surface area contributed by atoms with Crippen LogP contribution in [0.2, 0.25) is 0 Å². The predicted molar refractivity (Wildman–Crippen MR) is 53.2 cm³/mol. The molecule has 1 rings (SSSR count). The van der Waals surface area contributed by atoms with E-state index in [0.717, 1.165) is 6.42 Å². The molecule has 0 spiro atoms. The van der Waals surface area contributed by atoms with Crippen molar-refractivity contribution in [2.45, 2.75) is 24.8 Å². The largest absolute Gasteiger partial charge is 0.383 e. The first-order valence-electron chi connectivity index (χ1n) is 4.27. The van der Waals surface area contributed by atoms with E-state index >= 15 is 0 Å². The van der Waals surface area contributed by atoms with Crippen LogP contribution in [0.3, 0.4) is 0 Å². The van der Waals surface area contributed by atoms with E-state index in [4.69, 9.17) is 5.73 Å². The van der Waals surface area contributed by atoms with Crippen LogP contribution < -0.4 is 10.5 Å². The first-order chi connectivity index (χ1) is 6.53. The average Bonchev–Trinajstić information content (AvgIpc) is 2.50. The summed E-state index contributed by atoms with van der Waals surface area (Å²) < 4.78 is 26.5. The zero-order valence-corrected chi connectivity index (χ0v) is 9.00. The SMILES string of the molecule is CCCn1ncc(S(=O)(=O)NC)c1N. The molecule has 14 heavy (non-hydrogen) atoms. The molecule has 0 unspecified atom stereocenters. The predicted octanol–water partition coefficient (Wildman–Crippen LogP) is -0.217. The van der Waals surface area contributed by atoms with E-state index in [1.54, 1.807) is 0 Å². The lowest BCUT2D eigenvalue weighted by Gasteiger charge is -2.03. The molecular formula is C7H14N4O2S. The van der Waals surface area contributed by atoms with Gasteiger partial charge in [0.2, 0.25) is 10.0 Å². The Hall–Kier alpha value is -1.08.